The molecule has 0 saturated carbocycles. The van der Waals surface area contributed by atoms with Crippen LogP contribution in [0.25, 0.3) is 0 Å². The van der Waals surface area contributed by atoms with Crippen LogP contribution in [0.3, 0.4) is 0 Å². The van der Waals surface area contributed by atoms with Crippen LogP contribution in [0.1, 0.15) is 52.4 Å². The molecule has 0 heterocycles. The van der Waals surface area contributed by atoms with Gasteiger partial charge in [0.25, 0.3) is 0 Å². The van der Waals surface area contributed by atoms with E-state index in [-0.39, 0.29) is 25.2 Å². The fourth-order valence-corrected chi connectivity index (χ4v) is 1.53. The Bertz CT molecular complexity index is 273. The van der Waals surface area contributed by atoms with Crippen LogP contribution in [0.5, 0.6) is 0 Å². The van der Waals surface area contributed by atoms with Gasteiger partial charge in [-0.15, -0.1) is 0 Å². The highest BCUT2D eigenvalue weighted by atomic mass is 16.5. The summed E-state index contributed by atoms with van der Waals surface area (Å²) >= 11 is 0. The topological polar surface area (TPSA) is 93.1 Å². The van der Waals surface area contributed by atoms with Crippen molar-refractivity contribution in [3.63, 3.8) is 0 Å². The van der Waals surface area contributed by atoms with Gasteiger partial charge in [0.1, 0.15) is 13.2 Å². The average Bonchev–Trinajstić information content (AvgIpc) is 2.51. The highest BCUT2D eigenvalue weighted by Gasteiger charge is 2.32. The van der Waals surface area contributed by atoms with Crippen LogP contribution < -0.4 is 0 Å². The van der Waals surface area contributed by atoms with Crippen LogP contribution in [0.2, 0.25) is 0 Å². The lowest BCUT2D eigenvalue weighted by Gasteiger charge is -2.28. The van der Waals surface area contributed by atoms with Crippen molar-refractivity contribution < 1.29 is 29.3 Å². The molecular weight excluding hydrogens is 276 g/mol. The molecule has 0 rings (SSSR count). The van der Waals surface area contributed by atoms with Crippen LogP contribution in [0.4, 0.5) is 0 Å². The fraction of sp³-hybridized carbons (Fsp3) is 0.867. The normalized spacial score (nSPS) is 11.2. The quantitative estimate of drug-likeness (QED) is 0.530. The van der Waals surface area contributed by atoms with E-state index in [9.17, 15) is 19.8 Å². The molecule has 0 saturated heterocycles. The minimum absolute atomic E-state index is 0.163. The van der Waals surface area contributed by atoms with Crippen molar-refractivity contribution in [2.24, 2.45) is 5.41 Å². The van der Waals surface area contributed by atoms with Gasteiger partial charge in [-0.1, -0.05) is 26.7 Å². The van der Waals surface area contributed by atoms with Crippen LogP contribution in [-0.4, -0.2) is 48.6 Å². The Morgan fingerprint density at radius 2 is 1.24 bits per heavy atom. The van der Waals surface area contributed by atoms with Crippen molar-refractivity contribution in [1.29, 1.82) is 0 Å². The van der Waals surface area contributed by atoms with Gasteiger partial charge >= 0.3 is 11.9 Å². The summed E-state index contributed by atoms with van der Waals surface area (Å²) in [6, 6.07) is 0. The van der Waals surface area contributed by atoms with E-state index in [1.165, 1.54) is 0 Å². The van der Waals surface area contributed by atoms with Gasteiger partial charge in [-0.2, -0.15) is 0 Å². The van der Waals surface area contributed by atoms with Gasteiger partial charge in [0.05, 0.1) is 18.6 Å². The molecule has 0 aliphatic heterocycles. The van der Waals surface area contributed by atoms with Crippen LogP contribution in [0, 0.1) is 5.41 Å². The Labute approximate surface area is 126 Å². The Hall–Kier alpha value is -1.14. The first-order valence-electron chi connectivity index (χ1n) is 7.56. The lowest BCUT2D eigenvalue weighted by molar-refractivity contribution is -0.159. The number of rotatable bonds is 12. The van der Waals surface area contributed by atoms with E-state index in [0.717, 1.165) is 25.7 Å². The summed E-state index contributed by atoms with van der Waals surface area (Å²) < 4.78 is 10.1. The van der Waals surface area contributed by atoms with Crippen molar-refractivity contribution in [3.8, 4) is 0 Å². The molecule has 0 radical (unpaired) electrons. The summed E-state index contributed by atoms with van der Waals surface area (Å²) in [5.41, 5.74) is -1.14. The van der Waals surface area contributed by atoms with Crippen molar-refractivity contribution in [3.05, 3.63) is 0 Å². The molecular formula is C15H28O6. The summed E-state index contributed by atoms with van der Waals surface area (Å²) in [5.74, 6) is -0.749. The monoisotopic (exact) mass is 304 g/mol. The zero-order valence-corrected chi connectivity index (χ0v) is 13.1. The van der Waals surface area contributed by atoms with E-state index in [1.54, 1.807) is 0 Å². The summed E-state index contributed by atoms with van der Waals surface area (Å²) in [7, 11) is 0. The zero-order chi connectivity index (χ0) is 16.1. The molecule has 124 valence electrons. The molecule has 0 aromatic rings. The number of unbranched alkanes of at least 4 members (excludes halogenated alkanes) is 2. The predicted octanol–water partition coefficient (Wildman–Crippen LogP) is 1.42. The molecule has 0 bridgehead atoms. The van der Waals surface area contributed by atoms with Crippen molar-refractivity contribution in [1.82, 2.24) is 0 Å². The minimum Gasteiger partial charge on any atom is -0.465 e. The Morgan fingerprint density at radius 3 is 1.52 bits per heavy atom. The van der Waals surface area contributed by atoms with Crippen molar-refractivity contribution in [2.45, 2.75) is 52.4 Å². The smallest absolute Gasteiger partial charge is 0.305 e. The number of aliphatic hydroxyl groups excluding tert-OH is 2. The highest BCUT2D eigenvalue weighted by molar-refractivity contribution is 5.69. The fourth-order valence-electron chi connectivity index (χ4n) is 1.53. The van der Waals surface area contributed by atoms with Gasteiger partial charge in [-0.3, -0.25) is 9.59 Å². The number of hydrogen-bond acceptors (Lipinski definition) is 6. The van der Waals surface area contributed by atoms with Crippen molar-refractivity contribution in [2.75, 3.05) is 26.4 Å². The van der Waals surface area contributed by atoms with Gasteiger partial charge in [0.2, 0.25) is 0 Å². The summed E-state index contributed by atoms with van der Waals surface area (Å²) in [4.78, 5) is 22.9. The van der Waals surface area contributed by atoms with Crippen LogP contribution >= 0.6 is 0 Å². The Kier molecular flexibility index (Phi) is 10.9. The van der Waals surface area contributed by atoms with Crippen LogP contribution in [0.15, 0.2) is 0 Å². The molecule has 0 fully saturated rings. The molecule has 0 amide bonds. The number of carbonyl (C=O) groups excluding carboxylic acids is 2. The number of hydrogen-bond donors (Lipinski definition) is 2. The molecule has 0 atom stereocenters. The third kappa shape index (κ3) is 8.67. The first kappa shape index (κ1) is 19.9. The standard InChI is InChI=1S/C15H28O6/c1-3-5-7-13(18)20-11-15(9-16,10-17)12-21-14(19)8-6-4-2/h16-17H,3-12H2,1-2H3. The SMILES string of the molecule is CCCCC(=O)OCC(CO)(CO)COC(=O)CCCC. The lowest BCUT2D eigenvalue weighted by atomic mass is 9.92. The maximum atomic E-state index is 11.5. The number of aliphatic hydroxyl groups is 2. The molecule has 21 heavy (non-hydrogen) atoms. The van der Waals surface area contributed by atoms with Crippen molar-refractivity contribution >= 4 is 11.9 Å². The van der Waals surface area contributed by atoms with Gasteiger partial charge in [0, 0.05) is 12.8 Å². The molecule has 6 heteroatoms. The molecule has 0 aromatic heterocycles. The third-order valence-corrected chi connectivity index (χ3v) is 3.22. The molecule has 0 aromatic carbocycles. The maximum Gasteiger partial charge on any atom is 0.305 e. The summed E-state index contributed by atoms with van der Waals surface area (Å²) in [5, 5.41) is 18.8. The maximum absolute atomic E-state index is 11.5. The molecule has 0 aliphatic carbocycles. The lowest BCUT2D eigenvalue weighted by Crippen LogP contribution is -2.41. The van der Waals surface area contributed by atoms with E-state index >= 15 is 0 Å². The zero-order valence-electron chi connectivity index (χ0n) is 13.1. The number of ether oxygens (including phenoxy) is 2. The largest absolute Gasteiger partial charge is 0.465 e. The first-order chi connectivity index (χ1) is 10.0. The first-order valence-corrected chi connectivity index (χ1v) is 7.56. The number of carbonyl (C=O) groups is 2. The van der Waals surface area contributed by atoms with E-state index in [1.807, 2.05) is 13.8 Å². The molecule has 0 aliphatic rings. The predicted molar refractivity (Wildman–Crippen MR) is 77.6 cm³/mol. The average molecular weight is 304 g/mol. The second-order valence-corrected chi connectivity index (χ2v) is 5.34. The van der Waals surface area contributed by atoms with Gasteiger partial charge < -0.3 is 19.7 Å². The Balaban J connectivity index is 4.28. The molecule has 0 spiro atoms. The Morgan fingerprint density at radius 1 is 0.857 bits per heavy atom. The summed E-state index contributed by atoms with van der Waals surface area (Å²) in [6.07, 6.45) is 3.84. The minimum atomic E-state index is -1.14. The van der Waals surface area contributed by atoms with Gasteiger partial charge in [-0.25, -0.2) is 0 Å². The summed E-state index contributed by atoms with van der Waals surface area (Å²) in [6.45, 7) is 2.76. The van der Waals surface area contributed by atoms with E-state index in [4.69, 9.17) is 9.47 Å². The molecule has 6 nitrogen and oxygen atoms in total. The second-order valence-electron chi connectivity index (χ2n) is 5.34. The van der Waals surface area contributed by atoms with Crippen LogP contribution in [-0.2, 0) is 19.1 Å². The second kappa shape index (κ2) is 11.5. The van der Waals surface area contributed by atoms with E-state index in [0.29, 0.717) is 12.8 Å². The van der Waals surface area contributed by atoms with Gasteiger partial charge in [-0.05, 0) is 12.8 Å². The number of esters is 2. The van der Waals surface area contributed by atoms with E-state index < -0.39 is 18.6 Å². The van der Waals surface area contributed by atoms with Gasteiger partial charge in [0.15, 0.2) is 0 Å². The molecule has 0 unspecified atom stereocenters. The third-order valence-electron chi connectivity index (χ3n) is 3.22. The van der Waals surface area contributed by atoms with E-state index in [2.05, 4.69) is 0 Å². The molecule has 2 N–H and O–H groups in total. The highest BCUT2D eigenvalue weighted by Crippen LogP contribution is 2.18.